The first-order valence-corrected chi connectivity index (χ1v) is 12.1. The van der Waals surface area contributed by atoms with Gasteiger partial charge in [-0.25, -0.2) is 4.98 Å². The maximum Gasteiger partial charge on any atom is 0.278 e. The maximum absolute atomic E-state index is 13.9. The van der Waals surface area contributed by atoms with Crippen molar-refractivity contribution in [1.29, 1.82) is 0 Å². The standard InChI is InChI=1S/C28H28N6O/c29-22-10-6-14-32(17-22)26-15-24-27(34(26)16-20-7-2-1-3-8-20)28(35)33(19-31-24)18-25-23-11-5-4-9-21(23)12-13-30-25/h1-5,7-9,11-13,15,19,22H,6,10,14,16-18,29H2/t22-/m0/s1. The fraction of sp³-hybridized carbons (Fsp3) is 0.250. The molecule has 7 heteroatoms. The summed E-state index contributed by atoms with van der Waals surface area (Å²) in [5.74, 6) is 1.00. The molecule has 0 saturated carbocycles. The van der Waals surface area contributed by atoms with E-state index < -0.39 is 0 Å². The number of hydrogen-bond acceptors (Lipinski definition) is 5. The molecule has 2 aromatic carbocycles. The van der Waals surface area contributed by atoms with Gasteiger partial charge < -0.3 is 15.2 Å². The van der Waals surface area contributed by atoms with Gasteiger partial charge in [0, 0.05) is 43.3 Å². The average Bonchev–Trinajstić information content (AvgIpc) is 3.25. The Morgan fingerprint density at radius 1 is 0.971 bits per heavy atom. The number of benzene rings is 2. The predicted octanol–water partition coefficient (Wildman–Crippen LogP) is 3.77. The molecule has 3 aromatic heterocycles. The smallest absolute Gasteiger partial charge is 0.278 e. The molecule has 0 spiro atoms. The fourth-order valence-electron chi connectivity index (χ4n) is 5.15. The quantitative estimate of drug-likeness (QED) is 0.428. The Kier molecular flexibility index (Phi) is 5.54. The highest BCUT2D eigenvalue weighted by Gasteiger charge is 2.23. The number of piperidine rings is 1. The Labute approximate surface area is 203 Å². The van der Waals surface area contributed by atoms with Gasteiger partial charge in [0.25, 0.3) is 5.56 Å². The van der Waals surface area contributed by atoms with E-state index in [-0.39, 0.29) is 11.6 Å². The molecule has 6 rings (SSSR count). The number of anilines is 1. The van der Waals surface area contributed by atoms with Gasteiger partial charge in [0.2, 0.25) is 0 Å². The molecule has 0 amide bonds. The summed E-state index contributed by atoms with van der Waals surface area (Å²) < 4.78 is 3.79. The number of aromatic nitrogens is 4. The Bertz CT molecular complexity index is 1550. The molecular weight excluding hydrogens is 436 g/mol. The van der Waals surface area contributed by atoms with Crippen molar-refractivity contribution in [2.24, 2.45) is 5.73 Å². The normalized spacial score (nSPS) is 16.3. The Morgan fingerprint density at radius 3 is 2.66 bits per heavy atom. The van der Waals surface area contributed by atoms with Gasteiger partial charge >= 0.3 is 0 Å². The van der Waals surface area contributed by atoms with Crippen LogP contribution in [0.25, 0.3) is 21.8 Å². The third kappa shape index (κ3) is 4.08. The highest BCUT2D eigenvalue weighted by atomic mass is 16.1. The lowest BCUT2D eigenvalue weighted by atomic mass is 10.1. The van der Waals surface area contributed by atoms with Crippen LogP contribution in [0.4, 0.5) is 5.82 Å². The number of nitrogens with zero attached hydrogens (tertiary/aromatic N) is 5. The molecule has 1 aliphatic rings. The summed E-state index contributed by atoms with van der Waals surface area (Å²) in [5, 5.41) is 2.15. The van der Waals surface area contributed by atoms with Crippen LogP contribution in [0, 0.1) is 0 Å². The number of fused-ring (bicyclic) bond motifs is 2. The number of pyridine rings is 1. The van der Waals surface area contributed by atoms with E-state index in [1.807, 2.05) is 48.5 Å². The molecule has 0 radical (unpaired) electrons. The first-order chi connectivity index (χ1) is 17.2. The Hall–Kier alpha value is -3.97. The molecule has 7 nitrogen and oxygen atoms in total. The van der Waals surface area contributed by atoms with E-state index in [9.17, 15) is 4.79 Å². The van der Waals surface area contributed by atoms with Gasteiger partial charge in [-0.2, -0.15) is 0 Å². The van der Waals surface area contributed by atoms with Gasteiger partial charge in [-0.1, -0.05) is 54.6 Å². The molecule has 0 aliphatic carbocycles. The van der Waals surface area contributed by atoms with Crippen molar-refractivity contribution in [3.8, 4) is 0 Å². The molecule has 1 atom stereocenters. The van der Waals surface area contributed by atoms with Crippen LogP contribution in [0.5, 0.6) is 0 Å². The van der Waals surface area contributed by atoms with Gasteiger partial charge in [-0.05, 0) is 29.9 Å². The second-order valence-corrected chi connectivity index (χ2v) is 9.31. The van der Waals surface area contributed by atoms with Gasteiger partial charge in [-0.3, -0.25) is 14.3 Å². The third-order valence-electron chi connectivity index (χ3n) is 6.90. The minimum Gasteiger partial charge on any atom is -0.356 e. The molecule has 0 bridgehead atoms. The molecule has 1 aliphatic heterocycles. The highest BCUT2D eigenvalue weighted by Crippen LogP contribution is 2.27. The molecule has 4 heterocycles. The summed E-state index contributed by atoms with van der Waals surface area (Å²) >= 11 is 0. The van der Waals surface area contributed by atoms with Crippen LogP contribution < -0.4 is 16.2 Å². The SMILES string of the molecule is N[C@H]1CCCN(c2cc3ncn(Cc4nccc5ccccc45)c(=O)c3n2Cc2ccccc2)C1. The molecular formula is C28H28N6O. The van der Waals surface area contributed by atoms with E-state index in [1.54, 1.807) is 17.1 Å². The molecule has 5 aromatic rings. The molecule has 1 fully saturated rings. The molecule has 1 saturated heterocycles. The van der Waals surface area contributed by atoms with Crippen molar-refractivity contribution in [1.82, 2.24) is 19.1 Å². The topological polar surface area (TPSA) is 82.0 Å². The molecule has 35 heavy (non-hydrogen) atoms. The van der Waals surface area contributed by atoms with Crippen LogP contribution in [0.3, 0.4) is 0 Å². The van der Waals surface area contributed by atoms with Crippen LogP contribution in [-0.4, -0.2) is 38.2 Å². The molecule has 0 unspecified atom stereocenters. The van der Waals surface area contributed by atoms with Crippen molar-refractivity contribution in [3.63, 3.8) is 0 Å². The molecule has 176 valence electrons. The number of nitrogens with two attached hydrogens (primary N) is 1. The van der Waals surface area contributed by atoms with Crippen molar-refractivity contribution in [2.75, 3.05) is 18.0 Å². The van der Waals surface area contributed by atoms with Crippen LogP contribution in [0.1, 0.15) is 24.1 Å². The van der Waals surface area contributed by atoms with Crippen LogP contribution in [0.15, 0.2) is 84.0 Å². The second kappa shape index (κ2) is 9.00. The van der Waals surface area contributed by atoms with Crippen LogP contribution in [-0.2, 0) is 13.1 Å². The van der Waals surface area contributed by atoms with E-state index in [0.29, 0.717) is 24.1 Å². The fourth-order valence-corrected chi connectivity index (χ4v) is 5.15. The zero-order valence-electron chi connectivity index (χ0n) is 19.5. The van der Waals surface area contributed by atoms with Gasteiger partial charge in [0.15, 0.2) is 0 Å². The summed E-state index contributed by atoms with van der Waals surface area (Å²) in [5.41, 5.74) is 9.56. The summed E-state index contributed by atoms with van der Waals surface area (Å²) in [6.07, 6.45) is 5.51. The first kappa shape index (κ1) is 21.6. The Balaban J connectivity index is 1.48. The zero-order valence-corrected chi connectivity index (χ0v) is 19.5. The maximum atomic E-state index is 13.9. The minimum absolute atomic E-state index is 0.0618. The van der Waals surface area contributed by atoms with Gasteiger partial charge in [-0.15, -0.1) is 0 Å². The van der Waals surface area contributed by atoms with E-state index >= 15 is 0 Å². The van der Waals surface area contributed by atoms with Gasteiger partial charge in [0.05, 0.1) is 24.1 Å². The van der Waals surface area contributed by atoms with E-state index in [0.717, 1.165) is 53.8 Å². The van der Waals surface area contributed by atoms with Crippen molar-refractivity contribution in [3.05, 3.63) is 101 Å². The summed E-state index contributed by atoms with van der Waals surface area (Å²) in [4.78, 5) is 25.5. The summed E-state index contributed by atoms with van der Waals surface area (Å²) in [7, 11) is 0. The summed E-state index contributed by atoms with van der Waals surface area (Å²) in [6, 6.07) is 22.5. The lowest BCUT2D eigenvalue weighted by Crippen LogP contribution is -2.43. The lowest BCUT2D eigenvalue weighted by Gasteiger charge is -2.33. The highest BCUT2D eigenvalue weighted by molar-refractivity contribution is 5.84. The van der Waals surface area contributed by atoms with Crippen LogP contribution in [0.2, 0.25) is 0 Å². The van der Waals surface area contributed by atoms with E-state index in [1.165, 1.54) is 0 Å². The lowest BCUT2D eigenvalue weighted by molar-refractivity contribution is 0.499. The van der Waals surface area contributed by atoms with Gasteiger partial charge in [0.1, 0.15) is 11.3 Å². The van der Waals surface area contributed by atoms with Crippen LogP contribution >= 0.6 is 0 Å². The Morgan fingerprint density at radius 2 is 1.80 bits per heavy atom. The second-order valence-electron chi connectivity index (χ2n) is 9.31. The van der Waals surface area contributed by atoms with Crippen molar-refractivity contribution in [2.45, 2.75) is 32.0 Å². The van der Waals surface area contributed by atoms with Crippen molar-refractivity contribution >= 4 is 27.6 Å². The van der Waals surface area contributed by atoms with E-state index in [2.05, 4.69) is 32.7 Å². The van der Waals surface area contributed by atoms with E-state index in [4.69, 9.17) is 10.7 Å². The summed E-state index contributed by atoms with van der Waals surface area (Å²) in [6.45, 7) is 2.66. The minimum atomic E-state index is -0.0618. The number of rotatable bonds is 5. The molecule has 2 N–H and O–H groups in total. The first-order valence-electron chi connectivity index (χ1n) is 12.1. The third-order valence-corrected chi connectivity index (χ3v) is 6.90. The number of hydrogen-bond donors (Lipinski definition) is 1. The predicted molar refractivity (Wildman–Crippen MR) is 140 cm³/mol. The largest absolute Gasteiger partial charge is 0.356 e. The monoisotopic (exact) mass is 464 g/mol. The van der Waals surface area contributed by atoms with Crippen molar-refractivity contribution < 1.29 is 0 Å². The zero-order chi connectivity index (χ0) is 23.8. The average molecular weight is 465 g/mol.